The van der Waals surface area contributed by atoms with Gasteiger partial charge < -0.3 is 33.9 Å². The Hall–Kier alpha value is -2.50. The maximum atomic E-state index is 12.9. The fourth-order valence-electron chi connectivity index (χ4n) is 7.03. The van der Waals surface area contributed by atoms with Gasteiger partial charge in [0.05, 0.1) is 17.6 Å². The fourth-order valence-corrected chi connectivity index (χ4v) is 7.03. The van der Waals surface area contributed by atoms with Gasteiger partial charge in [-0.05, 0) is 32.3 Å². The number of rotatable bonds is 3. The monoisotopic (exact) mass is 524 g/mol. The van der Waals surface area contributed by atoms with Gasteiger partial charge in [0.25, 0.3) is 0 Å². The van der Waals surface area contributed by atoms with Crippen molar-refractivity contribution in [2.24, 2.45) is 17.3 Å². The molecule has 4 aliphatic rings. The van der Waals surface area contributed by atoms with E-state index in [1.165, 1.54) is 20.8 Å². The summed E-state index contributed by atoms with van der Waals surface area (Å²) in [6.45, 7) is 10.3. The van der Waals surface area contributed by atoms with E-state index in [9.17, 15) is 29.4 Å². The molecule has 2 N–H and O–H groups in total. The molecule has 0 amide bonds. The van der Waals surface area contributed by atoms with Crippen LogP contribution in [0, 0.1) is 17.3 Å². The molecule has 1 spiro atoms. The highest BCUT2D eigenvalue weighted by Crippen LogP contribution is 2.65. The van der Waals surface area contributed by atoms with E-state index in [0.717, 1.165) is 0 Å². The molecule has 0 aromatic carbocycles. The standard InChI is InChI=1S/C26H36O11/c1-11-8-17(31)21(34-14(4)28)24(6)18(33-13(3)27)10-16(30)12(2)20(24)22(35-15(5)29)26-19(9-11)36-23(32)25(26,7)37-26/h9,12,16-22,30-31H,8,10H2,1-7H3/b11-9-/t12-,16-,17-,18-,19-,20+,21-,22-,24-,25+,26-/m0/s1. The van der Waals surface area contributed by atoms with Crippen molar-refractivity contribution in [2.75, 3.05) is 0 Å². The summed E-state index contributed by atoms with van der Waals surface area (Å²) in [5, 5.41) is 22.6. The number of epoxide rings is 1. The third-order valence-electron chi connectivity index (χ3n) is 8.74. The highest BCUT2D eigenvalue weighted by Gasteiger charge is 2.87. The van der Waals surface area contributed by atoms with Crippen molar-refractivity contribution < 1.29 is 53.1 Å². The van der Waals surface area contributed by atoms with E-state index >= 15 is 0 Å². The second kappa shape index (κ2) is 9.06. The predicted octanol–water partition coefficient (Wildman–Crippen LogP) is 0.969. The Labute approximate surface area is 215 Å². The summed E-state index contributed by atoms with van der Waals surface area (Å²) in [4.78, 5) is 50.0. The predicted molar refractivity (Wildman–Crippen MR) is 125 cm³/mol. The molecule has 4 rings (SSSR count). The first-order chi connectivity index (χ1) is 17.1. The van der Waals surface area contributed by atoms with E-state index in [-0.39, 0.29) is 12.8 Å². The molecule has 2 aliphatic carbocycles. The molecule has 37 heavy (non-hydrogen) atoms. The smallest absolute Gasteiger partial charge is 0.342 e. The lowest BCUT2D eigenvalue weighted by atomic mass is 9.53. The van der Waals surface area contributed by atoms with E-state index in [1.807, 2.05) is 0 Å². The van der Waals surface area contributed by atoms with E-state index in [2.05, 4.69) is 0 Å². The summed E-state index contributed by atoms with van der Waals surface area (Å²) in [5.74, 6) is -4.14. The van der Waals surface area contributed by atoms with Gasteiger partial charge >= 0.3 is 23.9 Å². The molecule has 1 saturated carbocycles. The average molecular weight is 525 g/mol. The first-order valence-electron chi connectivity index (χ1n) is 12.6. The maximum Gasteiger partial charge on any atom is 0.342 e. The van der Waals surface area contributed by atoms with Gasteiger partial charge in [0.1, 0.15) is 18.3 Å². The largest absolute Gasteiger partial charge is 0.462 e. The Balaban J connectivity index is 2.02. The topological polar surface area (TPSA) is 158 Å². The quantitative estimate of drug-likeness (QED) is 0.234. The van der Waals surface area contributed by atoms with E-state index < -0.39 is 89.0 Å². The zero-order valence-electron chi connectivity index (χ0n) is 22.2. The van der Waals surface area contributed by atoms with Crippen LogP contribution in [-0.2, 0) is 42.9 Å². The summed E-state index contributed by atoms with van der Waals surface area (Å²) < 4.78 is 29.2. The molecule has 2 aliphatic heterocycles. The first kappa shape index (κ1) is 27.5. The van der Waals surface area contributed by atoms with Gasteiger partial charge in [0.2, 0.25) is 0 Å². The molecule has 2 saturated heterocycles. The van der Waals surface area contributed by atoms with Crippen LogP contribution in [0.3, 0.4) is 0 Å². The van der Waals surface area contributed by atoms with Crippen molar-refractivity contribution in [3.8, 4) is 0 Å². The van der Waals surface area contributed by atoms with Crippen molar-refractivity contribution >= 4 is 23.9 Å². The lowest BCUT2D eigenvalue weighted by Gasteiger charge is -2.57. The summed E-state index contributed by atoms with van der Waals surface area (Å²) in [6, 6.07) is 0. The van der Waals surface area contributed by atoms with Crippen molar-refractivity contribution in [2.45, 2.75) is 109 Å². The molecule has 11 nitrogen and oxygen atoms in total. The Kier molecular flexibility index (Phi) is 6.74. The van der Waals surface area contributed by atoms with Gasteiger partial charge in [-0.25, -0.2) is 4.79 Å². The van der Waals surface area contributed by atoms with Crippen LogP contribution in [0.4, 0.5) is 0 Å². The van der Waals surface area contributed by atoms with Crippen LogP contribution in [0.25, 0.3) is 0 Å². The summed E-state index contributed by atoms with van der Waals surface area (Å²) in [5.41, 5.74) is -3.65. The summed E-state index contributed by atoms with van der Waals surface area (Å²) in [6.07, 6.45) is -5.02. The second-order valence-corrected chi connectivity index (χ2v) is 11.3. The van der Waals surface area contributed by atoms with Crippen molar-refractivity contribution in [1.82, 2.24) is 0 Å². The molecule has 0 aromatic heterocycles. The van der Waals surface area contributed by atoms with Crippen LogP contribution in [0.2, 0.25) is 0 Å². The Morgan fingerprint density at radius 2 is 1.54 bits per heavy atom. The SMILES string of the molecule is CC(=O)O[C@H]1C[C@H](O)[C@H](C)[C@@H]2[C@H](OC(C)=O)[C@]34O[C@]3(C)C(=O)O[C@H]4/C=C(/C)C[C@H](O)[C@H](OC(C)=O)[C@]21C. The minimum atomic E-state index is -1.45. The molecule has 0 aromatic rings. The normalized spacial score (nSPS) is 48.1. The van der Waals surface area contributed by atoms with Crippen molar-refractivity contribution in [1.29, 1.82) is 0 Å². The minimum absolute atomic E-state index is 0.0101. The lowest BCUT2D eigenvalue weighted by molar-refractivity contribution is -0.242. The van der Waals surface area contributed by atoms with Gasteiger partial charge in [0.15, 0.2) is 17.3 Å². The van der Waals surface area contributed by atoms with Crippen molar-refractivity contribution in [3.05, 3.63) is 11.6 Å². The number of ether oxygens (including phenoxy) is 5. The Morgan fingerprint density at radius 3 is 2.08 bits per heavy atom. The minimum Gasteiger partial charge on any atom is -0.462 e. The van der Waals surface area contributed by atoms with Crippen LogP contribution in [0.1, 0.15) is 61.3 Å². The molecule has 0 radical (unpaired) electrons. The number of hydrogen-bond donors (Lipinski definition) is 2. The van der Waals surface area contributed by atoms with Gasteiger partial charge in [-0.15, -0.1) is 0 Å². The zero-order chi connectivity index (χ0) is 27.7. The summed E-state index contributed by atoms with van der Waals surface area (Å²) in [7, 11) is 0. The molecule has 2 heterocycles. The number of carbonyl (C=O) groups excluding carboxylic acids is 4. The maximum absolute atomic E-state index is 12.9. The number of aliphatic hydroxyl groups excluding tert-OH is 2. The second-order valence-electron chi connectivity index (χ2n) is 11.3. The molecule has 11 heteroatoms. The lowest BCUT2D eigenvalue weighted by Crippen LogP contribution is -2.67. The van der Waals surface area contributed by atoms with Crippen molar-refractivity contribution in [3.63, 3.8) is 0 Å². The van der Waals surface area contributed by atoms with Crippen LogP contribution in [0.15, 0.2) is 11.6 Å². The van der Waals surface area contributed by atoms with Crippen LogP contribution >= 0.6 is 0 Å². The zero-order valence-corrected chi connectivity index (χ0v) is 22.2. The molecule has 0 unspecified atom stereocenters. The van der Waals surface area contributed by atoms with E-state index in [0.29, 0.717) is 5.57 Å². The number of aliphatic hydroxyl groups is 2. The van der Waals surface area contributed by atoms with Gasteiger partial charge in [-0.1, -0.05) is 19.4 Å². The molecular weight excluding hydrogens is 488 g/mol. The number of fused-ring (bicyclic) bond motifs is 1. The molecular formula is C26H36O11. The van der Waals surface area contributed by atoms with Gasteiger partial charge in [0, 0.05) is 33.1 Å². The fraction of sp³-hybridized carbons (Fsp3) is 0.769. The average Bonchev–Trinajstić information content (AvgIpc) is 3.35. The van der Waals surface area contributed by atoms with E-state index in [1.54, 1.807) is 33.8 Å². The van der Waals surface area contributed by atoms with E-state index in [4.69, 9.17) is 23.7 Å². The third kappa shape index (κ3) is 4.06. The number of esters is 4. The van der Waals surface area contributed by atoms with Crippen LogP contribution in [-0.4, -0.2) is 81.9 Å². The highest BCUT2D eigenvalue weighted by atomic mass is 16.7. The molecule has 11 atom stereocenters. The number of hydrogen-bond acceptors (Lipinski definition) is 11. The molecule has 3 fully saturated rings. The Bertz CT molecular complexity index is 1040. The molecule has 0 bridgehead atoms. The first-order valence-corrected chi connectivity index (χ1v) is 12.6. The van der Waals surface area contributed by atoms with Gasteiger partial charge in [-0.3, -0.25) is 14.4 Å². The van der Waals surface area contributed by atoms with Crippen LogP contribution < -0.4 is 0 Å². The van der Waals surface area contributed by atoms with Crippen LogP contribution in [0.5, 0.6) is 0 Å². The third-order valence-corrected chi connectivity index (χ3v) is 8.74. The number of carbonyl (C=O) groups is 4. The Morgan fingerprint density at radius 1 is 0.973 bits per heavy atom. The molecule has 206 valence electrons. The summed E-state index contributed by atoms with van der Waals surface area (Å²) >= 11 is 0. The van der Waals surface area contributed by atoms with Gasteiger partial charge in [-0.2, -0.15) is 0 Å². The highest BCUT2D eigenvalue weighted by molar-refractivity contribution is 5.89.